The molecule has 0 saturated carbocycles. The van der Waals surface area contributed by atoms with E-state index in [1.54, 1.807) is 0 Å². The number of anilines is 2. The third kappa shape index (κ3) is 5.54. The number of nitrogens with zero attached hydrogens (tertiary/aromatic N) is 2. The van der Waals surface area contributed by atoms with Crippen LogP contribution in [-0.4, -0.2) is 49.6 Å². The van der Waals surface area contributed by atoms with Crippen molar-refractivity contribution in [2.45, 2.75) is 82.5 Å². The molecule has 5 rings (SSSR count). The Morgan fingerprint density at radius 3 is 2.24 bits per heavy atom. The first-order chi connectivity index (χ1) is 18.2. The molecule has 38 heavy (non-hydrogen) atoms. The smallest absolute Gasteiger partial charge is 0.237 e. The van der Waals surface area contributed by atoms with Crippen LogP contribution in [0, 0.1) is 0 Å². The number of likely N-dealkylation sites (N-methyl/N-ethyl adjacent to an activating group) is 1. The summed E-state index contributed by atoms with van der Waals surface area (Å²) in [6, 6.07) is 18.8. The molecule has 2 aromatic rings. The minimum Gasteiger partial charge on any atom is -0.388 e. The fraction of sp³-hybridized carbons (Fsp3) is 0.485. The van der Waals surface area contributed by atoms with Crippen LogP contribution in [0.3, 0.4) is 0 Å². The largest absolute Gasteiger partial charge is 0.388 e. The average Bonchev–Trinajstić information content (AvgIpc) is 3.55. The fourth-order valence-electron chi connectivity index (χ4n) is 6.34. The summed E-state index contributed by atoms with van der Waals surface area (Å²) in [5, 5.41) is 6.52. The number of carbonyl (C=O) groups excluding carboxylic acids is 1. The molecule has 5 heteroatoms. The fourth-order valence-corrected chi connectivity index (χ4v) is 6.34. The van der Waals surface area contributed by atoms with E-state index in [9.17, 15) is 4.79 Å². The van der Waals surface area contributed by atoms with Gasteiger partial charge in [0.05, 0.1) is 24.2 Å². The molecule has 4 atom stereocenters. The van der Waals surface area contributed by atoms with Crippen molar-refractivity contribution in [3.63, 3.8) is 0 Å². The molecule has 3 unspecified atom stereocenters. The maximum atomic E-state index is 12.8. The Hall–Kier alpha value is -3.05. The summed E-state index contributed by atoms with van der Waals surface area (Å²) in [5.41, 5.74) is 6.62. The summed E-state index contributed by atoms with van der Waals surface area (Å²) < 4.78 is 0. The van der Waals surface area contributed by atoms with E-state index in [2.05, 4.69) is 115 Å². The maximum absolute atomic E-state index is 12.8. The number of amides is 1. The van der Waals surface area contributed by atoms with Gasteiger partial charge in [-0.3, -0.25) is 9.69 Å². The third-order valence-electron chi connectivity index (χ3n) is 8.66. The number of hydrogen-bond acceptors (Lipinski definition) is 4. The number of rotatable bonds is 6. The normalized spacial score (nSPS) is 25.9. The Morgan fingerprint density at radius 2 is 1.66 bits per heavy atom. The lowest BCUT2D eigenvalue weighted by molar-refractivity contribution is -0.125. The van der Waals surface area contributed by atoms with Gasteiger partial charge in [-0.25, -0.2) is 0 Å². The van der Waals surface area contributed by atoms with Crippen molar-refractivity contribution >= 4 is 17.3 Å². The molecule has 2 aromatic carbocycles. The van der Waals surface area contributed by atoms with Crippen LogP contribution in [0.15, 0.2) is 72.3 Å². The topological polar surface area (TPSA) is 47.6 Å². The zero-order chi connectivity index (χ0) is 26.9. The molecule has 2 saturated heterocycles. The molecule has 0 bridgehead atoms. The molecule has 5 nitrogen and oxygen atoms in total. The Morgan fingerprint density at radius 1 is 0.947 bits per heavy atom. The standard InChI is InChI=1S/C33H44N4O/c1-33(2,3)25-12-18-28(19-13-25)37-29(23-8-14-26(34-4)15-9-23)20-21-30(37)24-10-16-27(17-11-24)35-32(38)31-7-6-22-36(31)5/h8-16,18-19,27,29-31,34H,6-7,17,20-22H2,1-5H3,(H,35,38)/t27?,29-,30?,31?/m0/s1. The molecule has 1 amide bonds. The van der Waals surface area contributed by atoms with E-state index >= 15 is 0 Å². The van der Waals surface area contributed by atoms with Gasteiger partial charge < -0.3 is 15.5 Å². The number of hydrogen-bond donors (Lipinski definition) is 2. The quantitative estimate of drug-likeness (QED) is 0.484. The molecule has 0 radical (unpaired) electrons. The van der Waals surface area contributed by atoms with Crippen molar-refractivity contribution in [1.82, 2.24) is 10.2 Å². The van der Waals surface area contributed by atoms with Crippen molar-refractivity contribution in [2.75, 3.05) is 30.9 Å². The van der Waals surface area contributed by atoms with E-state index in [4.69, 9.17) is 0 Å². The van der Waals surface area contributed by atoms with Gasteiger partial charge in [0.15, 0.2) is 0 Å². The molecule has 2 heterocycles. The van der Waals surface area contributed by atoms with Crippen molar-refractivity contribution < 1.29 is 4.79 Å². The summed E-state index contributed by atoms with van der Waals surface area (Å²) in [5.74, 6) is 0.169. The Balaban J connectivity index is 1.36. The second-order valence-electron chi connectivity index (χ2n) is 12.2. The van der Waals surface area contributed by atoms with Crippen LogP contribution >= 0.6 is 0 Å². The van der Waals surface area contributed by atoms with Gasteiger partial charge in [0.1, 0.15) is 0 Å². The molecule has 2 N–H and O–H groups in total. The highest BCUT2D eigenvalue weighted by Crippen LogP contribution is 2.43. The van der Waals surface area contributed by atoms with E-state index in [1.807, 2.05) is 7.05 Å². The lowest BCUT2D eigenvalue weighted by atomic mass is 9.87. The lowest BCUT2D eigenvalue weighted by Gasteiger charge is -2.35. The Kier molecular flexibility index (Phi) is 7.67. The maximum Gasteiger partial charge on any atom is 0.237 e. The van der Waals surface area contributed by atoms with E-state index in [0.29, 0.717) is 12.1 Å². The van der Waals surface area contributed by atoms with E-state index in [1.165, 1.54) is 22.4 Å². The molecule has 202 valence electrons. The van der Waals surface area contributed by atoms with Crippen LogP contribution in [0.5, 0.6) is 0 Å². The third-order valence-corrected chi connectivity index (χ3v) is 8.66. The number of benzene rings is 2. The average molecular weight is 513 g/mol. The minimum atomic E-state index is 0.0187. The van der Waals surface area contributed by atoms with Gasteiger partial charge in [-0.15, -0.1) is 0 Å². The summed E-state index contributed by atoms with van der Waals surface area (Å²) in [6.45, 7) is 7.81. The second-order valence-corrected chi connectivity index (χ2v) is 12.2. The summed E-state index contributed by atoms with van der Waals surface area (Å²) in [4.78, 5) is 17.6. The molecule has 3 aliphatic rings. The predicted octanol–water partition coefficient (Wildman–Crippen LogP) is 6.20. The minimum absolute atomic E-state index is 0.0187. The van der Waals surface area contributed by atoms with E-state index < -0.39 is 0 Å². The molecule has 1 aliphatic carbocycles. The van der Waals surface area contributed by atoms with Crippen LogP contribution in [0.2, 0.25) is 0 Å². The molecular weight excluding hydrogens is 468 g/mol. The predicted molar refractivity (Wildman–Crippen MR) is 159 cm³/mol. The highest BCUT2D eigenvalue weighted by Gasteiger charge is 2.37. The summed E-state index contributed by atoms with van der Waals surface area (Å²) in [7, 11) is 4.02. The number of likely N-dealkylation sites (tertiary alicyclic amines) is 1. The van der Waals surface area contributed by atoms with Crippen LogP contribution in [0.4, 0.5) is 11.4 Å². The van der Waals surface area contributed by atoms with Gasteiger partial charge in [-0.2, -0.15) is 0 Å². The molecule has 2 fully saturated rings. The van der Waals surface area contributed by atoms with Crippen LogP contribution in [0.25, 0.3) is 0 Å². The van der Waals surface area contributed by atoms with Crippen molar-refractivity contribution in [1.29, 1.82) is 0 Å². The zero-order valence-corrected chi connectivity index (χ0v) is 23.7. The van der Waals surface area contributed by atoms with Gasteiger partial charge in [-0.1, -0.05) is 63.3 Å². The van der Waals surface area contributed by atoms with Crippen LogP contribution in [-0.2, 0) is 10.2 Å². The Labute approximate surface area is 229 Å². The van der Waals surface area contributed by atoms with Crippen molar-refractivity contribution in [2.24, 2.45) is 0 Å². The van der Waals surface area contributed by atoms with Gasteiger partial charge >= 0.3 is 0 Å². The summed E-state index contributed by atoms with van der Waals surface area (Å²) in [6.07, 6.45) is 12.0. The first kappa shape index (κ1) is 26.6. The highest BCUT2D eigenvalue weighted by molar-refractivity contribution is 5.82. The first-order valence-corrected chi connectivity index (χ1v) is 14.3. The van der Waals surface area contributed by atoms with E-state index in [-0.39, 0.29) is 23.4 Å². The monoisotopic (exact) mass is 512 g/mol. The van der Waals surface area contributed by atoms with Gasteiger partial charge in [0.2, 0.25) is 5.91 Å². The molecule has 0 spiro atoms. The van der Waals surface area contributed by atoms with Crippen molar-refractivity contribution in [3.8, 4) is 0 Å². The zero-order valence-electron chi connectivity index (χ0n) is 23.7. The van der Waals surface area contributed by atoms with E-state index in [0.717, 1.165) is 44.3 Å². The van der Waals surface area contributed by atoms with Crippen LogP contribution < -0.4 is 15.5 Å². The van der Waals surface area contributed by atoms with Gasteiger partial charge in [0.25, 0.3) is 0 Å². The molecular formula is C33H44N4O. The summed E-state index contributed by atoms with van der Waals surface area (Å²) >= 11 is 0. The number of carbonyl (C=O) groups is 1. The van der Waals surface area contributed by atoms with Crippen molar-refractivity contribution in [3.05, 3.63) is 83.5 Å². The number of nitrogens with one attached hydrogen (secondary N) is 2. The van der Waals surface area contributed by atoms with Gasteiger partial charge in [0, 0.05) is 18.4 Å². The lowest BCUT2D eigenvalue weighted by Crippen LogP contribution is -2.45. The SMILES string of the molecule is CNc1ccc([C@@H]2CCC(C3=CCC(NC(=O)C4CCCN4C)C=C3)N2c2ccc(C(C)(C)C)cc2)cc1. The Bertz CT molecular complexity index is 1170. The highest BCUT2D eigenvalue weighted by atomic mass is 16.2. The first-order valence-electron chi connectivity index (χ1n) is 14.3. The molecule has 0 aromatic heterocycles. The second kappa shape index (κ2) is 11.0. The van der Waals surface area contributed by atoms with Crippen LogP contribution in [0.1, 0.15) is 70.0 Å². The van der Waals surface area contributed by atoms with Gasteiger partial charge in [-0.05, 0) is 92.1 Å². The molecule has 2 aliphatic heterocycles.